The van der Waals surface area contributed by atoms with Crippen molar-refractivity contribution >= 4 is 5.91 Å². The highest BCUT2D eigenvalue weighted by atomic mass is 16.5. The Morgan fingerprint density at radius 3 is 2.26 bits per heavy atom. The highest BCUT2D eigenvalue weighted by molar-refractivity contribution is 5.96. The first-order valence-corrected chi connectivity index (χ1v) is 7.90. The second kappa shape index (κ2) is 7.55. The predicted molar refractivity (Wildman–Crippen MR) is 88.4 cm³/mol. The first-order chi connectivity index (χ1) is 11.0. The number of nitrogens with two attached hydrogens (primary N) is 1. The minimum atomic E-state index is -0.0544. The van der Waals surface area contributed by atoms with Crippen LogP contribution in [0.5, 0.6) is 17.2 Å². The van der Waals surface area contributed by atoms with Gasteiger partial charge in [0.25, 0.3) is 5.91 Å². The number of methoxy groups -OCH3 is 3. The van der Waals surface area contributed by atoms with Crippen LogP contribution in [0.1, 0.15) is 36.5 Å². The lowest BCUT2D eigenvalue weighted by Crippen LogP contribution is -2.51. The smallest absolute Gasteiger partial charge is 0.254 e. The molecule has 0 aromatic heterocycles. The Kier molecular flexibility index (Phi) is 5.71. The molecule has 1 aromatic carbocycles. The van der Waals surface area contributed by atoms with Gasteiger partial charge in [-0.3, -0.25) is 4.79 Å². The van der Waals surface area contributed by atoms with Crippen LogP contribution in [0.25, 0.3) is 0 Å². The minimum Gasteiger partial charge on any atom is -0.493 e. The summed E-state index contributed by atoms with van der Waals surface area (Å²) in [5.74, 6) is 1.38. The number of nitrogens with zero attached hydrogens (tertiary/aromatic N) is 1. The van der Waals surface area contributed by atoms with Gasteiger partial charge >= 0.3 is 0 Å². The van der Waals surface area contributed by atoms with Crippen LogP contribution in [0.15, 0.2) is 12.1 Å². The lowest BCUT2D eigenvalue weighted by atomic mass is 9.96. The molecule has 2 atom stereocenters. The van der Waals surface area contributed by atoms with Crippen LogP contribution in [0.4, 0.5) is 0 Å². The maximum absolute atomic E-state index is 13.0. The molecule has 128 valence electrons. The SMILES string of the molecule is COc1cc(C(=O)N2CCCCC2C(C)N)cc(OC)c1OC. The van der Waals surface area contributed by atoms with Crippen molar-refractivity contribution in [1.82, 2.24) is 4.90 Å². The van der Waals surface area contributed by atoms with E-state index in [4.69, 9.17) is 19.9 Å². The van der Waals surface area contributed by atoms with Crippen molar-refractivity contribution < 1.29 is 19.0 Å². The molecular weight excluding hydrogens is 296 g/mol. The summed E-state index contributed by atoms with van der Waals surface area (Å²) in [5.41, 5.74) is 6.59. The Bertz CT molecular complexity index is 535. The van der Waals surface area contributed by atoms with E-state index in [-0.39, 0.29) is 18.0 Å². The lowest BCUT2D eigenvalue weighted by Gasteiger charge is -2.38. The summed E-state index contributed by atoms with van der Waals surface area (Å²) in [7, 11) is 4.62. The number of hydrogen-bond acceptors (Lipinski definition) is 5. The van der Waals surface area contributed by atoms with E-state index in [1.807, 2.05) is 11.8 Å². The zero-order valence-electron chi connectivity index (χ0n) is 14.3. The van der Waals surface area contributed by atoms with Gasteiger partial charge in [-0.25, -0.2) is 0 Å². The van der Waals surface area contributed by atoms with E-state index in [9.17, 15) is 4.79 Å². The summed E-state index contributed by atoms with van der Waals surface area (Å²) in [6, 6.07) is 3.39. The second-order valence-electron chi connectivity index (χ2n) is 5.83. The fourth-order valence-electron chi connectivity index (χ4n) is 3.13. The summed E-state index contributed by atoms with van der Waals surface area (Å²) in [6.07, 6.45) is 3.04. The fourth-order valence-corrected chi connectivity index (χ4v) is 3.13. The number of hydrogen-bond donors (Lipinski definition) is 1. The summed E-state index contributed by atoms with van der Waals surface area (Å²) >= 11 is 0. The Morgan fingerprint density at radius 1 is 1.17 bits per heavy atom. The number of amides is 1. The number of ether oxygens (including phenoxy) is 3. The van der Waals surface area contributed by atoms with E-state index in [0.29, 0.717) is 22.8 Å². The van der Waals surface area contributed by atoms with Crippen molar-refractivity contribution in [3.63, 3.8) is 0 Å². The molecule has 1 saturated heterocycles. The number of benzene rings is 1. The van der Waals surface area contributed by atoms with Crippen molar-refractivity contribution in [2.24, 2.45) is 5.73 Å². The molecule has 1 aliphatic rings. The van der Waals surface area contributed by atoms with Crippen molar-refractivity contribution in [3.8, 4) is 17.2 Å². The first-order valence-electron chi connectivity index (χ1n) is 7.90. The third kappa shape index (κ3) is 3.52. The predicted octanol–water partition coefficient (Wildman–Crippen LogP) is 2.05. The summed E-state index contributed by atoms with van der Waals surface area (Å²) in [4.78, 5) is 14.8. The molecule has 1 aromatic rings. The standard InChI is InChI=1S/C17H26N2O4/c1-11(18)13-7-5-6-8-19(13)17(20)12-9-14(21-2)16(23-4)15(10-12)22-3/h9-11,13H,5-8,18H2,1-4H3. The van der Waals surface area contributed by atoms with Crippen LogP contribution in [0.3, 0.4) is 0 Å². The number of carbonyl (C=O) groups excluding carboxylic acids is 1. The maximum atomic E-state index is 13.0. The van der Waals surface area contributed by atoms with Crippen LogP contribution < -0.4 is 19.9 Å². The number of carbonyl (C=O) groups is 1. The summed E-state index contributed by atoms with van der Waals surface area (Å²) < 4.78 is 16.0. The van der Waals surface area contributed by atoms with E-state index in [1.165, 1.54) is 14.2 Å². The van der Waals surface area contributed by atoms with Crippen LogP contribution in [-0.2, 0) is 0 Å². The Morgan fingerprint density at radius 2 is 1.78 bits per heavy atom. The van der Waals surface area contributed by atoms with Crippen LogP contribution in [0, 0.1) is 0 Å². The Balaban J connectivity index is 2.38. The third-order valence-electron chi connectivity index (χ3n) is 4.33. The molecule has 1 aliphatic heterocycles. The largest absolute Gasteiger partial charge is 0.493 e. The molecule has 0 radical (unpaired) electrons. The molecule has 23 heavy (non-hydrogen) atoms. The molecule has 2 N–H and O–H groups in total. The highest BCUT2D eigenvalue weighted by Gasteiger charge is 2.30. The van der Waals surface area contributed by atoms with Crippen molar-refractivity contribution in [1.29, 1.82) is 0 Å². The van der Waals surface area contributed by atoms with Crippen molar-refractivity contribution in [2.75, 3.05) is 27.9 Å². The fraction of sp³-hybridized carbons (Fsp3) is 0.588. The Labute approximate surface area is 137 Å². The zero-order valence-corrected chi connectivity index (χ0v) is 14.3. The number of rotatable bonds is 5. The van der Waals surface area contributed by atoms with Gasteiger partial charge in [-0.1, -0.05) is 0 Å². The molecule has 2 unspecified atom stereocenters. The third-order valence-corrected chi connectivity index (χ3v) is 4.33. The van der Waals surface area contributed by atoms with Gasteiger partial charge in [0.15, 0.2) is 11.5 Å². The Hall–Kier alpha value is -1.95. The molecule has 1 amide bonds. The maximum Gasteiger partial charge on any atom is 0.254 e. The van der Waals surface area contributed by atoms with Gasteiger partial charge in [-0.2, -0.15) is 0 Å². The molecule has 0 aliphatic carbocycles. The molecule has 0 spiro atoms. The van der Waals surface area contributed by atoms with Gasteiger partial charge < -0.3 is 24.8 Å². The molecule has 6 heteroatoms. The first kappa shape index (κ1) is 17.4. The number of likely N-dealkylation sites (tertiary alicyclic amines) is 1. The van der Waals surface area contributed by atoms with Crippen molar-refractivity contribution in [3.05, 3.63) is 17.7 Å². The molecular formula is C17H26N2O4. The zero-order chi connectivity index (χ0) is 17.0. The van der Waals surface area contributed by atoms with E-state index >= 15 is 0 Å². The molecule has 1 heterocycles. The van der Waals surface area contributed by atoms with Gasteiger partial charge in [-0.05, 0) is 38.3 Å². The van der Waals surface area contributed by atoms with Gasteiger partial charge in [0.05, 0.1) is 21.3 Å². The lowest BCUT2D eigenvalue weighted by molar-refractivity contribution is 0.0583. The molecule has 1 fully saturated rings. The van der Waals surface area contributed by atoms with Crippen LogP contribution >= 0.6 is 0 Å². The topological polar surface area (TPSA) is 74.0 Å². The normalized spacial score (nSPS) is 19.2. The van der Waals surface area contributed by atoms with Gasteiger partial charge in [0.1, 0.15) is 0 Å². The molecule has 0 bridgehead atoms. The van der Waals surface area contributed by atoms with E-state index < -0.39 is 0 Å². The average Bonchev–Trinajstić information content (AvgIpc) is 2.59. The van der Waals surface area contributed by atoms with Gasteiger partial charge in [0, 0.05) is 24.2 Å². The van der Waals surface area contributed by atoms with Gasteiger partial charge in [0.2, 0.25) is 5.75 Å². The molecule has 6 nitrogen and oxygen atoms in total. The van der Waals surface area contributed by atoms with E-state index in [1.54, 1.807) is 19.2 Å². The quantitative estimate of drug-likeness (QED) is 0.898. The van der Waals surface area contributed by atoms with Gasteiger partial charge in [-0.15, -0.1) is 0 Å². The average molecular weight is 322 g/mol. The molecule has 0 saturated carbocycles. The summed E-state index contributed by atoms with van der Waals surface area (Å²) in [5, 5.41) is 0. The van der Waals surface area contributed by atoms with Crippen molar-refractivity contribution in [2.45, 2.75) is 38.3 Å². The van der Waals surface area contributed by atoms with Crippen LogP contribution in [0.2, 0.25) is 0 Å². The van der Waals surface area contributed by atoms with E-state index in [0.717, 1.165) is 25.8 Å². The van der Waals surface area contributed by atoms with Crippen LogP contribution in [-0.4, -0.2) is 50.8 Å². The minimum absolute atomic E-state index is 0.0498. The monoisotopic (exact) mass is 322 g/mol. The summed E-state index contributed by atoms with van der Waals surface area (Å²) in [6.45, 7) is 2.67. The second-order valence-corrected chi connectivity index (χ2v) is 5.83. The number of piperidine rings is 1. The molecule has 2 rings (SSSR count). The highest BCUT2D eigenvalue weighted by Crippen LogP contribution is 2.38. The van der Waals surface area contributed by atoms with E-state index in [2.05, 4.69) is 0 Å².